The van der Waals surface area contributed by atoms with E-state index in [4.69, 9.17) is 9.15 Å². The van der Waals surface area contributed by atoms with Gasteiger partial charge in [-0.15, -0.1) is 0 Å². The lowest BCUT2D eigenvalue weighted by molar-refractivity contribution is -0.136. The first-order valence-corrected chi connectivity index (χ1v) is 11.1. The molecular weight excluding hydrogens is 408 g/mol. The summed E-state index contributed by atoms with van der Waals surface area (Å²) in [6.45, 7) is 3.55. The largest absolute Gasteiger partial charge is 0.465 e. The highest BCUT2D eigenvalue weighted by Crippen LogP contribution is 2.38. The van der Waals surface area contributed by atoms with E-state index >= 15 is 0 Å². The number of nitrogens with zero attached hydrogens (tertiary/aromatic N) is 4. The van der Waals surface area contributed by atoms with E-state index in [1.807, 2.05) is 36.4 Å². The van der Waals surface area contributed by atoms with Crippen molar-refractivity contribution in [2.24, 2.45) is 0 Å². The van der Waals surface area contributed by atoms with Gasteiger partial charge in [0.05, 0.1) is 18.5 Å². The van der Waals surface area contributed by atoms with Crippen LogP contribution >= 0.6 is 0 Å². The fourth-order valence-electron chi connectivity index (χ4n) is 4.55. The lowest BCUT2D eigenvalue weighted by Gasteiger charge is -2.42. The SMILES string of the molecule is COCCCN1C(=O)N(Cc2ccccn2)C(=O)C12CCN(CC=Cc1ccco1)CC2. The van der Waals surface area contributed by atoms with Crippen LogP contribution in [0.3, 0.4) is 0 Å². The van der Waals surface area contributed by atoms with E-state index in [1.165, 1.54) is 4.90 Å². The molecule has 2 aliphatic heterocycles. The van der Waals surface area contributed by atoms with Crippen molar-refractivity contribution in [3.8, 4) is 0 Å². The second-order valence-electron chi connectivity index (χ2n) is 8.24. The lowest BCUT2D eigenvalue weighted by atomic mass is 9.85. The smallest absolute Gasteiger partial charge is 0.328 e. The molecule has 0 radical (unpaired) electrons. The summed E-state index contributed by atoms with van der Waals surface area (Å²) >= 11 is 0. The Morgan fingerprint density at radius 2 is 2.03 bits per heavy atom. The highest BCUT2D eigenvalue weighted by molar-refractivity contribution is 6.07. The third kappa shape index (κ3) is 4.61. The van der Waals surface area contributed by atoms with Gasteiger partial charge in [0.2, 0.25) is 0 Å². The van der Waals surface area contributed by atoms with Gasteiger partial charge in [0.15, 0.2) is 0 Å². The summed E-state index contributed by atoms with van der Waals surface area (Å²) < 4.78 is 10.5. The molecule has 2 saturated heterocycles. The average Bonchev–Trinajstić information content (AvgIpc) is 3.40. The monoisotopic (exact) mass is 438 g/mol. The molecule has 2 aliphatic rings. The molecule has 0 aliphatic carbocycles. The van der Waals surface area contributed by atoms with Crippen LogP contribution in [0.25, 0.3) is 6.08 Å². The highest BCUT2D eigenvalue weighted by atomic mass is 16.5. The third-order valence-corrected chi connectivity index (χ3v) is 6.27. The van der Waals surface area contributed by atoms with Gasteiger partial charge in [-0.1, -0.05) is 12.1 Å². The third-order valence-electron chi connectivity index (χ3n) is 6.27. The van der Waals surface area contributed by atoms with Gasteiger partial charge in [-0.25, -0.2) is 4.79 Å². The number of carbonyl (C=O) groups is 2. The van der Waals surface area contributed by atoms with E-state index < -0.39 is 5.54 Å². The maximum absolute atomic E-state index is 13.6. The van der Waals surface area contributed by atoms with Gasteiger partial charge in [0.25, 0.3) is 5.91 Å². The van der Waals surface area contributed by atoms with Crippen LogP contribution in [0.15, 0.2) is 53.3 Å². The van der Waals surface area contributed by atoms with Crippen molar-refractivity contribution < 1.29 is 18.7 Å². The zero-order valence-corrected chi connectivity index (χ0v) is 18.5. The van der Waals surface area contributed by atoms with Crippen molar-refractivity contribution in [1.29, 1.82) is 0 Å². The number of aromatic nitrogens is 1. The topological polar surface area (TPSA) is 79.1 Å². The first-order valence-electron chi connectivity index (χ1n) is 11.1. The van der Waals surface area contributed by atoms with E-state index in [0.29, 0.717) is 38.1 Å². The van der Waals surface area contributed by atoms with E-state index in [1.54, 1.807) is 24.5 Å². The Bertz CT molecular complexity index is 921. The molecule has 0 unspecified atom stereocenters. The molecule has 0 atom stereocenters. The number of hydrogen-bond donors (Lipinski definition) is 0. The Balaban J connectivity index is 1.45. The first-order chi connectivity index (χ1) is 15.6. The van der Waals surface area contributed by atoms with Crippen LogP contribution in [-0.2, 0) is 16.1 Å². The van der Waals surface area contributed by atoms with Crippen LogP contribution in [0.5, 0.6) is 0 Å². The summed E-state index contributed by atoms with van der Waals surface area (Å²) in [6.07, 6.45) is 9.31. The van der Waals surface area contributed by atoms with Gasteiger partial charge in [0.1, 0.15) is 11.3 Å². The van der Waals surface area contributed by atoms with Crippen molar-refractivity contribution in [3.63, 3.8) is 0 Å². The van der Waals surface area contributed by atoms with Crippen LogP contribution in [-0.4, -0.2) is 77.1 Å². The number of piperidine rings is 1. The predicted octanol–water partition coefficient (Wildman–Crippen LogP) is 3.02. The number of methoxy groups -OCH3 is 1. The second-order valence-corrected chi connectivity index (χ2v) is 8.24. The molecule has 3 amide bonds. The quantitative estimate of drug-likeness (QED) is 0.442. The van der Waals surface area contributed by atoms with Crippen LogP contribution in [0.2, 0.25) is 0 Å². The van der Waals surface area contributed by atoms with Crippen LogP contribution in [0, 0.1) is 0 Å². The Hall–Kier alpha value is -2.97. The molecule has 32 heavy (non-hydrogen) atoms. The molecule has 0 N–H and O–H groups in total. The molecule has 1 spiro atoms. The van der Waals surface area contributed by atoms with E-state index in [9.17, 15) is 9.59 Å². The minimum Gasteiger partial charge on any atom is -0.465 e. The second kappa shape index (κ2) is 10.1. The molecule has 170 valence electrons. The molecule has 0 bridgehead atoms. The Morgan fingerprint density at radius 3 is 2.72 bits per heavy atom. The summed E-state index contributed by atoms with van der Waals surface area (Å²) in [5.74, 6) is 0.723. The zero-order chi connectivity index (χ0) is 22.4. The maximum atomic E-state index is 13.6. The van der Waals surface area contributed by atoms with Crippen molar-refractivity contribution in [2.75, 3.05) is 39.9 Å². The van der Waals surface area contributed by atoms with E-state index in [0.717, 1.165) is 25.4 Å². The summed E-state index contributed by atoms with van der Waals surface area (Å²) in [5, 5.41) is 0. The molecule has 2 aromatic rings. The summed E-state index contributed by atoms with van der Waals surface area (Å²) in [6, 6.07) is 9.10. The maximum Gasteiger partial charge on any atom is 0.328 e. The number of carbonyl (C=O) groups excluding carboxylic acids is 2. The average molecular weight is 439 g/mol. The number of hydrogen-bond acceptors (Lipinski definition) is 6. The highest BCUT2D eigenvalue weighted by Gasteiger charge is 2.57. The van der Waals surface area contributed by atoms with Crippen molar-refractivity contribution in [1.82, 2.24) is 19.7 Å². The molecule has 0 saturated carbocycles. The molecule has 2 aromatic heterocycles. The molecule has 8 heteroatoms. The number of pyridine rings is 1. The number of likely N-dealkylation sites (tertiary alicyclic amines) is 1. The summed E-state index contributed by atoms with van der Waals surface area (Å²) in [4.78, 5) is 36.6. The van der Waals surface area contributed by atoms with Crippen LogP contribution < -0.4 is 0 Å². The van der Waals surface area contributed by atoms with Gasteiger partial charge in [-0.05, 0) is 49.6 Å². The normalized spacial score (nSPS) is 19.0. The predicted molar refractivity (Wildman–Crippen MR) is 120 cm³/mol. The Morgan fingerprint density at radius 1 is 1.19 bits per heavy atom. The zero-order valence-electron chi connectivity index (χ0n) is 18.5. The van der Waals surface area contributed by atoms with Gasteiger partial charge >= 0.3 is 6.03 Å². The van der Waals surface area contributed by atoms with Gasteiger partial charge < -0.3 is 14.1 Å². The minimum absolute atomic E-state index is 0.101. The Kier molecular flexibility index (Phi) is 7.02. The minimum atomic E-state index is -0.777. The standard InChI is InChI=1S/C24H30N4O4/c1-31-17-6-14-28-23(30)27(19-20-7-2-3-12-25-20)22(29)24(28)10-15-26(16-11-24)13-4-8-21-9-5-18-32-21/h2-5,7-9,12,18H,6,10-11,13-17,19H2,1H3. The molecule has 2 fully saturated rings. The number of rotatable bonds is 9. The van der Waals surface area contributed by atoms with E-state index in [-0.39, 0.29) is 18.5 Å². The van der Waals surface area contributed by atoms with Gasteiger partial charge in [0, 0.05) is 46.1 Å². The van der Waals surface area contributed by atoms with Crippen LogP contribution in [0.1, 0.15) is 30.7 Å². The fourth-order valence-corrected chi connectivity index (χ4v) is 4.55. The first kappa shape index (κ1) is 22.2. The van der Waals surface area contributed by atoms with Crippen molar-refractivity contribution in [3.05, 3.63) is 60.3 Å². The van der Waals surface area contributed by atoms with Crippen molar-refractivity contribution >= 4 is 18.0 Å². The molecule has 8 nitrogen and oxygen atoms in total. The Labute approximate surface area is 188 Å². The molecule has 4 rings (SSSR count). The summed E-state index contributed by atoms with van der Waals surface area (Å²) in [5.41, 5.74) is -0.0653. The fraction of sp³-hybridized carbons (Fsp3) is 0.458. The number of amides is 3. The summed E-state index contributed by atoms with van der Waals surface area (Å²) in [7, 11) is 1.65. The number of imide groups is 1. The van der Waals surface area contributed by atoms with E-state index in [2.05, 4.69) is 16.0 Å². The van der Waals surface area contributed by atoms with Gasteiger partial charge in [-0.2, -0.15) is 0 Å². The van der Waals surface area contributed by atoms with Crippen molar-refractivity contribution in [2.45, 2.75) is 31.3 Å². The molecule has 4 heterocycles. The number of urea groups is 1. The molecule has 0 aromatic carbocycles. The molecular formula is C24H30N4O4. The lowest BCUT2D eigenvalue weighted by Crippen LogP contribution is -2.56. The van der Waals surface area contributed by atoms with Gasteiger partial charge in [-0.3, -0.25) is 19.6 Å². The number of ether oxygens (including phenoxy) is 1. The number of furan rings is 1. The van der Waals surface area contributed by atoms with Crippen LogP contribution in [0.4, 0.5) is 4.79 Å².